The van der Waals surface area contributed by atoms with Crippen LogP contribution in [0.5, 0.6) is 0 Å². The number of amides is 5. The van der Waals surface area contributed by atoms with Crippen molar-refractivity contribution in [2.24, 2.45) is 0 Å². The van der Waals surface area contributed by atoms with Crippen LogP contribution in [0.15, 0.2) is 102 Å². The number of para-hydroxylation sites is 1. The van der Waals surface area contributed by atoms with Crippen molar-refractivity contribution in [1.29, 1.82) is 0 Å². The summed E-state index contributed by atoms with van der Waals surface area (Å²) in [7, 11) is -4.06. The normalized spacial score (nSPS) is 15.6. The number of aliphatic hydroxyl groups is 1. The van der Waals surface area contributed by atoms with Crippen molar-refractivity contribution in [3.63, 3.8) is 0 Å². The van der Waals surface area contributed by atoms with Crippen molar-refractivity contribution in [3.05, 3.63) is 103 Å². The largest absolute Gasteiger partial charge is 0.511 e. The standard InChI is InChI=1S/C30H34N6O6S/c1-21(37)26(20-32-29(39)31-19-22-9-4-2-5-10-22)35-28(38)27-13-8-18-36(27)43(41,42)25-16-14-24(15-17-25)34-30(40)33-23-11-6-3-7-12-23/h2-7,9-12,14-17,26-27,37H,1,8,13,18-20H2,(H,35,38)(H2,31,32,39)(H2,33,34,40)/t26-,27+/m1/s1. The van der Waals surface area contributed by atoms with Crippen LogP contribution >= 0.6 is 0 Å². The van der Waals surface area contributed by atoms with Gasteiger partial charge in [0, 0.05) is 31.0 Å². The Kier molecular flexibility index (Phi) is 10.4. The Morgan fingerprint density at radius 1 is 0.860 bits per heavy atom. The van der Waals surface area contributed by atoms with Crippen molar-refractivity contribution in [1.82, 2.24) is 20.3 Å². The molecule has 0 spiro atoms. The van der Waals surface area contributed by atoms with E-state index >= 15 is 0 Å². The van der Waals surface area contributed by atoms with Crippen molar-refractivity contribution in [2.75, 3.05) is 23.7 Å². The maximum absolute atomic E-state index is 13.5. The fraction of sp³-hybridized carbons (Fsp3) is 0.233. The first kappa shape index (κ1) is 31.1. The fourth-order valence-corrected chi connectivity index (χ4v) is 6.16. The summed E-state index contributed by atoms with van der Waals surface area (Å²) < 4.78 is 28.0. The molecule has 0 aliphatic carbocycles. The van der Waals surface area contributed by atoms with Gasteiger partial charge in [0.15, 0.2) is 0 Å². The molecule has 1 saturated heterocycles. The molecule has 226 valence electrons. The molecule has 0 bridgehead atoms. The molecule has 1 heterocycles. The lowest BCUT2D eigenvalue weighted by Gasteiger charge is -2.26. The van der Waals surface area contributed by atoms with E-state index in [1.54, 1.807) is 24.3 Å². The second kappa shape index (κ2) is 14.3. The summed E-state index contributed by atoms with van der Waals surface area (Å²) in [4.78, 5) is 37.6. The number of rotatable bonds is 11. The lowest BCUT2D eigenvalue weighted by molar-refractivity contribution is -0.124. The third-order valence-electron chi connectivity index (χ3n) is 6.74. The van der Waals surface area contributed by atoms with Crippen LogP contribution in [-0.2, 0) is 21.4 Å². The third-order valence-corrected chi connectivity index (χ3v) is 8.66. The lowest BCUT2D eigenvalue weighted by atomic mass is 10.2. The highest BCUT2D eigenvalue weighted by atomic mass is 32.2. The Morgan fingerprint density at radius 3 is 2.09 bits per heavy atom. The van der Waals surface area contributed by atoms with Crippen molar-refractivity contribution >= 4 is 39.4 Å². The molecule has 6 N–H and O–H groups in total. The number of carbonyl (C=O) groups is 3. The number of nitrogens with zero attached hydrogens (tertiary/aromatic N) is 1. The summed E-state index contributed by atoms with van der Waals surface area (Å²) in [6.07, 6.45) is 0.738. The third kappa shape index (κ3) is 8.56. The van der Waals surface area contributed by atoms with E-state index in [9.17, 15) is 27.9 Å². The molecule has 12 nitrogen and oxygen atoms in total. The molecule has 0 saturated carbocycles. The molecule has 0 radical (unpaired) electrons. The van der Waals surface area contributed by atoms with Crippen molar-refractivity contribution in [2.45, 2.75) is 36.4 Å². The molecule has 1 aliphatic rings. The van der Waals surface area contributed by atoms with Crippen molar-refractivity contribution in [3.8, 4) is 0 Å². The maximum Gasteiger partial charge on any atom is 0.323 e. The van der Waals surface area contributed by atoms with Crippen LogP contribution in [0.25, 0.3) is 0 Å². The van der Waals surface area contributed by atoms with Crippen LogP contribution < -0.4 is 26.6 Å². The van der Waals surface area contributed by atoms with Crippen LogP contribution in [0.3, 0.4) is 0 Å². The number of benzene rings is 3. The van der Waals surface area contributed by atoms with E-state index in [1.807, 2.05) is 36.4 Å². The highest BCUT2D eigenvalue weighted by molar-refractivity contribution is 7.89. The van der Waals surface area contributed by atoms with Crippen LogP contribution in [0.2, 0.25) is 0 Å². The summed E-state index contributed by atoms with van der Waals surface area (Å²) in [6, 6.07) is 20.7. The highest BCUT2D eigenvalue weighted by Gasteiger charge is 2.40. The number of carbonyl (C=O) groups excluding carboxylic acids is 3. The van der Waals surface area contributed by atoms with Gasteiger partial charge in [-0.3, -0.25) is 4.79 Å². The number of sulfonamides is 1. The topological polar surface area (TPSA) is 169 Å². The van der Waals surface area contributed by atoms with E-state index in [4.69, 9.17) is 0 Å². The molecule has 0 unspecified atom stereocenters. The number of aliphatic hydroxyl groups excluding tert-OH is 1. The average molecular weight is 607 g/mol. The SMILES string of the molecule is C=C(O)[C@@H](CNC(=O)NCc1ccccc1)NC(=O)[C@@H]1CCCN1S(=O)(=O)c1ccc(NC(=O)Nc2ccccc2)cc1. The zero-order valence-corrected chi connectivity index (χ0v) is 24.1. The Bertz CT molecular complexity index is 1530. The van der Waals surface area contributed by atoms with Gasteiger partial charge >= 0.3 is 12.1 Å². The van der Waals surface area contributed by atoms with Gasteiger partial charge in [-0.2, -0.15) is 4.31 Å². The van der Waals surface area contributed by atoms with Gasteiger partial charge in [0.1, 0.15) is 17.8 Å². The Labute approximate surface area is 250 Å². The molecule has 5 amide bonds. The van der Waals surface area contributed by atoms with Crippen LogP contribution in [0, 0.1) is 0 Å². The van der Waals surface area contributed by atoms with Crippen LogP contribution in [-0.4, -0.2) is 61.0 Å². The minimum atomic E-state index is -4.06. The van der Waals surface area contributed by atoms with Gasteiger partial charge in [-0.05, 0) is 54.8 Å². The van der Waals surface area contributed by atoms with E-state index in [-0.39, 0.29) is 36.7 Å². The van der Waals surface area contributed by atoms with E-state index in [1.165, 1.54) is 24.3 Å². The molecule has 43 heavy (non-hydrogen) atoms. The summed E-state index contributed by atoms with van der Waals surface area (Å²) in [5.74, 6) is -1.01. The van der Waals surface area contributed by atoms with Gasteiger partial charge in [0.2, 0.25) is 15.9 Å². The monoisotopic (exact) mass is 606 g/mol. The molecular formula is C30H34N6O6S. The second-order valence-electron chi connectivity index (χ2n) is 9.84. The predicted molar refractivity (Wildman–Crippen MR) is 163 cm³/mol. The molecule has 3 aromatic carbocycles. The van der Waals surface area contributed by atoms with Gasteiger partial charge in [-0.15, -0.1) is 0 Å². The number of anilines is 2. The number of urea groups is 2. The van der Waals surface area contributed by atoms with Gasteiger partial charge in [0.25, 0.3) is 0 Å². The van der Waals surface area contributed by atoms with Gasteiger partial charge in [0.05, 0.1) is 4.90 Å². The van der Waals surface area contributed by atoms with Crippen LogP contribution in [0.4, 0.5) is 21.0 Å². The van der Waals surface area contributed by atoms with E-state index in [0.717, 1.165) is 9.87 Å². The van der Waals surface area contributed by atoms with E-state index < -0.39 is 40.1 Å². The Balaban J connectivity index is 1.33. The molecule has 3 aromatic rings. The minimum Gasteiger partial charge on any atom is -0.511 e. The summed E-state index contributed by atoms with van der Waals surface area (Å²) >= 11 is 0. The van der Waals surface area contributed by atoms with Gasteiger partial charge in [-0.25, -0.2) is 18.0 Å². The van der Waals surface area contributed by atoms with E-state index in [2.05, 4.69) is 33.2 Å². The van der Waals surface area contributed by atoms with Gasteiger partial charge in [-0.1, -0.05) is 55.1 Å². The second-order valence-corrected chi connectivity index (χ2v) is 11.7. The Morgan fingerprint density at radius 2 is 1.47 bits per heavy atom. The summed E-state index contributed by atoms with van der Waals surface area (Å²) in [6.45, 7) is 3.74. The van der Waals surface area contributed by atoms with Crippen LogP contribution in [0.1, 0.15) is 18.4 Å². The molecule has 1 aliphatic heterocycles. The van der Waals surface area contributed by atoms with Gasteiger partial charge < -0.3 is 31.7 Å². The molecule has 2 atom stereocenters. The molecular weight excluding hydrogens is 572 g/mol. The fourth-order valence-electron chi connectivity index (χ4n) is 4.51. The zero-order valence-electron chi connectivity index (χ0n) is 23.3. The lowest BCUT2D eigenvalue weighted by Crippen LogP contribution is -2.52. The van der Waals surface area contributed by atoms with Crippen molar-refractivity contribution < 1.29 is 27.9 Å². The molecule has 13 heteroatoms. The van der Waals surface area contributed by atoms with E-state index in [0.29, 0.717) is 17.8 Å². The highest BCUT2D eigenvalue weighted by Crippen LogP contribution is 2.27. The zero-order chi connectivity index (χ0) is 30.8. The molecule has 1 fully saturated rings. The number of hydrogen-bond donors (Lipinski definition) is 6. The maximum atomic E-state index is 13.5. The smallest absolute Gasteiger partial charge is 0.323 e. The molecule has 0 aromatic heterocycles. The summed E-state index contributed by atoms with van der Waals surface area (Å²) in [5, 5.41) is 23.2. The first-order chi connectivity index (χ1) is 20.6. The first-order valence-electron chi connectivity index (χ1n) is 13.6. The first-order valence-corrected chi connectivity index (χ1v) is 15.1. The number of nitrogens with one attached hydrogen (secondary N) is 5. The Hall–Kier alpha value is -4.88. The minimum absolute atomic E-state index is 0.0407. The number of hydrogen-bond acceptors (Lipinski definition) is 6. The summed E-state index contributed by atoms with van der Waals surface area (Å²) in [5.41, 5.74) is 1.88. The quantitative estimate of drug-likeness (QED) is 0.183. The molecule has 4 rings (SSSR count). The average Bonchev–Trinajstić information content (AvgIpc) is 3.51. The predicted octanol–water partition coefficient (Wildman–Crippen LogP) is 3.54.